The van der Waals surface area contributed by atoms with Crippen molar-refractivity contribution in [3.63, 3.8) is 0 Å². The summed E-state index contributed by atoms with van der Waals surface area (Å²) in [5.74, 6) is -2.16. The van der Waals surface area contributed by atoms with Crippen LogP contribution in [0.2, 0.25) is 0 Å². The van der Waals surface area contributed by atoms with Gasteiger partial charge in [-0.05, 0) is 58.4 Å². The Labute approximate surface area is 146 Å². The Hall–Kier alpha value is -2.63. The molecule has 5 nitrogen and oxygen atoms in total. The highest BCUT2D eigenvalue weighted by Crippen LogP contribution is 2.25. The van der Waals surface area contributed by atoms with Crippen molar-refractivity contribution in [3.8, 4) is 0 Å². The average molecular weight is 346 g/mol. The molecule has 0 radical (unpaired) electrons. The summed E-state index contributed by atoms with van der Waals surface area (Å²) < 4.78 is 15.2. The lowest BCUT2D eigenvalue weighted by Crippen LogP contribution is -2.49. The van der Waals surface area contributed by atoms with Gasteiger partial charge in [0.1, 0.15) is 5.82 Å². The molecule has 1 heterocycles. The largest absolute Gasteiger partial charge is 0.479 e. The van der Waals surface area contributed by atoms with Gasteiger partial charge >= 0.3 is 5.97 Å². The molecular weight excluding hydrogens is 323 g/mol. The number of hydrogen-bond donors (Lipinski definition) is 2. The van der Waals surface area contributed by atoms with Gasteiger partial charge in [0.2, 0.25) is 0 Å². The molecule has 1 amide bonds. The van der Waals surface area contributed by atoms with Crippen LogP contribution in [0.3, 0.4) is 0 Å². The van der Waals surface area contributed by atoms with Crippen molar-refractivity contribution in [2.45, 2.75) is 46.2 Å². The van der Waals surface area contributed by atoms with E-state index in [4.69, 9.17) is 0 Å². The topological polar surface area (TPSA) is 71.3 Å². The second-order valence-electron chi connectivity index (χ2n) is 6.64. The Morgan fingerprint density at radius 2 is 1.76 bits per heavy atom. The summed E-state index contributed by atoms with van der Waals surface area (Å²) in [7, 11) is 0. The number of halogens is 1. The van der Waals surface area contributed by atoms with Gasteiger partial charge < -0.3 is 15.0 Å². The van der Waals surface area contributed by atoms with E-state index in [9.17, 15) is 19.1 Å². The molecule has 0 saturated heterocycles. The van der Waals surface area contributed by atoms with E-state index in [1.54, 1.807) is 6.07 Å². The number of carbonyl (C=O) groups is 2. The average Bonchev–Trinajstić information content (AvgIpc) is 2.82. The first-order valence-electron chi connectivity index (χ1n) is 8.08. The maximum atomic E-state index is 13.1. The molecule has 25 heavy (non-hydrogen) atoms. The smallest absolute Gasteiger partial charge is 0.333 e. The standard InChI is InChI=1S/C19H23FN2O3/c1-11(2)22-12(3)10-16(13(22)4)17(23)21-19(5,18(24)25)14-6-8-15(20)9-7-14/h6-11H,1-5H3,(H,21,23)(H,24,25). The zero-order chi connectivity index (χ0) is 18.9. The van der Waals surface area contributed by atoms with E-state index in [2.05, 4.69) is 5.32 Å². The predicted molar refractivity (Wildman–Crippen MR) is 93.1 cm³/mol. The summed E-state index contributed by atoms with van der Waals surface area (Å²) in [6, 6.07) is 7.00. The highest BCUT2D eigenvalue weighted by Gasteiger charge is 2.37. The number of aryl methyl sites for hydroxylation is 1. The minimum atomic E-state index is -1.66. The van der Waals surface area contributed by atoms with Crippen molar-refractivity contribution in [2.75, 3.05) is 0 Å². The van der Waals surface area contributed by atoms with Crippen molar-refractivity contribution >= 4 is 11.9 Å². The molecule has 134 valence electrons. The summed E-state index contributed by atoms with van der Waals surface area (Å²) in [6.07, 6.45) is 0. The number of nitrogens with zero attached hydrogens (tertiary/aromatic N) is 1. The summed E-state index contributed by atoms with van der Waals surface area (Å²) in [6.45, 7) is 9.16. The normalized spacial score (nSPS) is 13.6. The lowest BCUT2D eigenvalue weighted by molar-refractivity contribution is -0.144. The van der Waals surface area contributed by atoms with Crippen LogP contribution < -0.4 is 5.32 Å². The Morgan fingerprint density at radius 1 is 1.20 bits per heavy atom. The molecule has 0 bridgehead atoms. The molecule has 1 aromatic heterocycles. The Kier molecular flexibility index (Phi) is 5.02. The van der Waals surface area contributed by atoms with Crippen LogP contribution in [-0.4, -0.2) is 21.6 Å². The van der Waals surface area contributed by atoms with Crippen molar-refractivity contribution in [3.05, 3.63) is 58.7 Å². The molecule has 0 aliphatic carbocycles. The van der Waals surface area contributed by atoms with Crippen LogP contribution in [0, 0.1) is 19.7 Å². The Bertz CT molecular complexity index is 809. The SMILES string of the molecule is Cc1cc(C(=O)NC(C)(C(=O)O)c2ccc(F)cc2)c(C)n1C(C)C. The third kappa shape index (κ3) is 3.43. The minimum absolute atomic E-state index is 0.185. The summed E-state index contributed by atoms with van der Waals surface area (Å²) >= 11 is 0. The molecule has 1 aromatic carbocycles. The fourth-order valence-corrected chi connectivity index (χ4v) is 3.13. The number of aromatic nitrogens is 1. The van der Waals surface area contributed by atoms with Gasteiger partial charge in [-0.3, -0.25) is 4.79 Å². The highest BCUT2D eigenvalue weighted by molar-refractivity contribution is 5.99. The second kappa shape index (κ2) is 6.70. The Balaban J connectivity index is 2.41. The fourth-order valence-electron chi connectivity index (χ4n) is 3.13. The molecule has 2 rings (SSSR count). The molecule has 2 N–H and O–H groups in total. The number of hydrogen-bond acceptors (Lipinski definition) is 2. The van der Waals surface area contributed by atoms with E-state index in [-0.39, 0.29) is 6.04 Å². The van der Waals surface area contributed by atoms with Gasteiger partial charge in [-0.1, -0.05) is 12.1 Å². The van der Waals surface area contributed by atoms with Crippen LogP contribution in [0.15, 0.2) is 30.3 Å². The maximum absolute atomic E-state index is 13.1. The molecule has 1 atom stereocenters. The van der Waals surface area contributed by atoms with E-state index < -0.39 is 23.2 Å². The molecule has 6 heteroatoms. The van der Waals surface area contributed by atoms with Crippen LogP contribution in [0.4, 0.5) is 4.39 Å². The first kappa shape index (κ1) is 18.7. The van der Waals surface area contributed by atoms with Gasteiger partial charge in [-0.2, -0.15) is 0 Å². The van der Waals surface area contributed by atoms with E-state index in [0.717, 1.165) is 11.4 Å². The van der Waals surface area contributed by atoms with Gasteiger partial charge in [0, 0.05) is 17.4 Å². The van der Waals surface area contributed by atoms with E-state index in [1.807, 2.05) is 32.3 Å². The fraction of sp³-hybridized carbons (Fsp3) is 0.368. The number of benzene rings is 1. The Morgan fingerprint density at radius 3 is 2.20 bits per heavy atom. The lowest BCUT2D eigenvalue weighted by atomic mass is 9.91. The number of carboxylic acids is 1. The van der Waals surface area contributed by atoms with Crippen LogP contribution in [0.5, 0.6) is 0 Å². The molecule has 0 aliphatic rings. The predicted octanol–water partition coefficient (Wildman–Crippen LogP) is 3.55. The monoisotopic (exact) mass is 346 g/mol. The molecule has 0 saturated carbocycles. The molecular formula is C19H23FN2O3. The number of amides is 1. The lowest BCUT2D eigenvalue weighted by Gasteiger charge is -2.27. The van der Waals surface area contributed by atoms with Crippen LogP contribution >= 0.6 is 0 Å². The van der Waals surface area contributed by atoms with Gasteiger partial charge in [0.15, 0.2) is 5.54 Å². The maximum Gasteiger partial charge on any atom is 0.333 e. The van der Waals surface area contributed by atoms with Crippen molar-refractivity contribution in [1.82, 2.24) is 9.88 Å². The van der Waals surface area contributed by atoms with E-state index >= 15 is 0 Å². The van der Waals surface area contributed by atoms with Crippen LogP contribution in [-0.2, 0) is 10.3 Å². The van der Waals surface area contributed by atoms with Crippen molar-refractivity contribution in [1.29, 1.82) is 0 Å². The summed E-state index contributed by atoms with van der Waals surface area (Å²) in [5, 5.41) is 12.2. The third-order valence-electron chi connectivity index (χ3n) is 4.46. The zero-order valence-corrected chi connectivity index (χ0v) is 15.1. The van der Waals surface area contributed by atoms with Gasteiger partial charge in [-0.25, -0.2) is 9.18 Å². The quantitative estimate of drug-likeness (QED) is 0.870. The first-order valence-corrected chi connectivity index (χ1v) is 8.08. The summed E-state index contributed by atoms with van der Waals surface area (Å²) in [4.78, 5) is 24.6. The third-order valence-corrected chi connectivity index (χ3v) is 4.46. The molecule has 1 unspecified atom stereocenters. The molecule has 0 aliphatic heterocycles. The van der Waals surface area contributed by atoms with E-state index in [1.165, 1.54) is 31.2 Å². The van der Waals surface area contributed by atoms with Gasteiger partial charge in [-0.15, -0.1) is 0 Å². The minimum Gasteiger partial charge on any atom is -0.479 e. The highest BCUT2D eigenvalue weighted by atomic mass is 19.1. The van der Waals surface area contributed by atoms with Crippen molar-refractivity contribution < 1.29 is 19.1 Å². The molecule has 0 spiro atoms. The number of carbonyl (C=O) groups excluding carboxylic acids is 1. The van der Waals surface area contributed by atoms with Crippen LogP contribution in [0.1, 0.15) is 54.1 Å². The molecule has 0 fully saturated rings. The number of rotatable bonds is 5. The number of aliphatic carboxylic acids is 1. The zero-order valence-electron chi connectivity index (χ0n) is 15.1. The van der Waals surface area contributed by atoms with E-state index in [0.29, 0.717) is 11.1 Å². The first-order chi connectivity index (χ1) is 11.6. The number of nitrogens with one attached hydrogen (secondary N) is 1. The van der Waals surface area contributed by atoms with Gasteiger partial charge in [0.05, 0.1) is 5.56 Å². The van der Waals surface area contributed by atoms with Gasteiger partial charge in [0.25, 0.3) is 5.91 Å². The number of carboxylic acid groups (broad SMARTS) is 1. The van der Waals surface area contributed by atoms with Crippen molar-refractivity contribution in [2.24, 2.45) is 0 Å². The second-order valence-corrected chi connectivity index (χ2v) is 6.64. The molecule has 2 aromatic rings. The van der Waals surface area contributed by atoms with Crippen LogP contribution in [0.25, 0.3) is 0 Å². The summed E-state index contributed by atoms with van der Waals surface area (Å²) in [5.41, 5.74) is 0.770.